The summed E-state index contributed by atoms with van der Waals surface area (Å²) in [6, 6.07) is 0. The fourth-order valence-electron chi connectivity index (χ4n) is 1.62. The third kappa shape index (κ3) is 1.23. The van der Waals surface area contributed by atoms with Gasteiger partial charge in [-0.25, -0.2) is 9.97 Å². The molecule has 3 aromatic heterocycles. The van der Waals surface area contributed by atoms with Gasteiger partial charge in [-0.3, -0.25) is 4.40 Å². The number of hydrogen-bond donors (Lipinski definition) is 1. The molecule has 5 nitrogen and oxygen atoms in total. The molecule has 0 aliphatic rings. The molecule has 0 radical (unpaired) electrons. The number of oxazole rings is 1. The fraction of sp³-hybridized carbons (Fsp3) is 0.200. The molecule has 2 N–H and O–H groups in total. The minimum absolute atomic E-state index is 0.556. The molecule has 82 valence electrons. The van der Waals surface area contributed by atoms with Crippen LogP contribution in [0.5, 0.6) is 0 Å². The Labute approximate surface area is 95.6 Å². The number of aromatic nitrogens is 3. The van der Waals surface area contributed by atoms with E-state index in [2.05, 4.69) is 16.9 Å². The summed E-state index contributed by atoms with van der Waals surface area (Å²) in [6.07, 6.45) is 6.02. The molecule has 0 aliphatic carbocycles. The van der Waals surface area contributed by atoms with Crippen LogP contribution < -0.4 is 5.73 Å². The quantitative estimate of drug-likeness (QED) is 0.738. The number of nitrogens with zero attached hydrogens (tertiary/aromatic N) is 3. The molecule has 0 saturated heterocycles. The van der Waals surface area contributed by atoms with Gasteiger partial charge in [-0.05, 0) is 6.42 Å². The zero-order valence-electron chi connectivity index (χ0n) is 8.67. The van der Waals surface area contributed by atoms with E-state index < -0.39 is 0 Å². The largest absolute Gasteiger partial charge is 0.432 e. The molecular formula is C10H10N4OS. The average Bonchev–Trinajstić information content (AvgIpc) is 2.91. The molecule has 3 aromatic rings. The van der Waals surface area contributed by atoms with Gasteiger partial charge >= 0.3 is 5.84 Å². The summed E-state index contributed by atoms with van der Waals surface area (Å²) < 4.78 is 7.02. The van der Waals surface area contributed by atoms with Crippen LogP contribution in [-0.2, 0) is 6.42 Å². The molecule has 3 heterocycles. The molecule has 0 unspecified atom stereocenters. The minimum atomic E-state index is 0.556. The standard InChI is InChI=1S/C10H10N4OS/c1-2-7-13-8(9(11)16-7)6-5-12-10-14(6)3-4-15-10/h3-5H,2,11H2,1H3. The first-order valence-corrected chi connectivity index (χ1v) is 5.77. The van der Waals surface area contributed by atoms with Crippen molar-refractivity contribution in [1.82, 2.24) is 14.4 Å². The number of fused-ring (bicyclic) bond motifs is 1. The van der Waals surface area contributed by atoms with Crippen molar-refractivity contribution in [2.24, 2.45) is 0 Å². The second-order valence-electron chi connectivity index (χ2n) is 3.37. The minimum Gasteiger partial charge on any atom is -0.432 e. The third-order valence-electron chi connectivity index (χ3n) is 2.39. The van der Waals surface area contributed by atoms with Gasteiger partial charge in [0.2, 0.25) is 0 Å². The highest BCUT2D eigenvalue weighted by Gasteiger charge is 2.14. The van der Waals surface area contributed by atoms with E-state index in [1.54, 1.807) is 12.5 Å². The summed E-state index contributed by atoms with van der Waals surface area (Å²) in [6.45, 7) is 2.06. The van der Waals surface area contributed by atoms with Crippen LogP contribution in [0.2, 0.25) is 0 Å². The Morgan fingerprint density at radius 3 is 3.19 bits per heavy atom. The number of nitrogens with two attached hydrogens (primary N) is 1. The van der Waals surface area contributed by atoms with Crippen molar-refractivity contribution < 1.29 is 4.42 Å². The molecular weight excluding hydrogens is 224 g/mol. The summed E-state index contributed by atoms with van der Waals surface area (Å²) in [4.78, 5) is 8.63. The van der Waals surface area contributed by atoms with Crippen molar-refractivity contribution in [3.8, 4) is 11.4 Å². The van der Waals surface area contributed by atoms with Crippen LogP contribution in [0, 0.1) is 0 Å². The number of aryl methyl sites for hydroxylation is 1. The van der Waals surface area contributed by atoms with Gasteiger partial charge < -0.3 is 10.2 Å². The summed E-state index contributed by atoms with van der Waals surface area (Å²) in [5, 5.41) is 1.76. The fourth-order valence-corrected chi connectivity index (χ4v) is 2.40. The van der Waals surface area contributed by atoms with Gasteiger partial charge in [-0.1, -0.05) is 6.92 Å². The van der Waals surface area contributed by atoms with E-state index >= 15 is 0 Å². The van der Waals surface area contributed by atoms with Crippen molar-refractivity contribution in [3.05, 3.63) is 23.7 Å². The number of imidazole rings is 1. The van der Waals surface area contributed by atoms with Gasteiger partial charge in [-0.15, -0.1) is 11.3 Å². The topological polar surface area (TPSA) is 69.3 Å². The predicted molar refractivity (Wildman–Crippen MR) is 62.4 cm³/mol. The van der Waals surface area contributed by atoms with Crippen LogP contribution in [0.3, 0.4) is 0 Å². The van der Waals surface area contributed by atoms with Crippen LogP contribution in [0.1, 0.15) is 11.9 Å². The highest BCUT2D eigenvalue weighted by molar-refractivity contribution is 7.16. The Balaban J connectivity index is 2.22. The molecule has 0 fully saturated rings. The van der Waals surface area contributed by atoms with Crippen molar-refractivity contribution in [2.45, 2.75) is 13.3 Å². The summed E-state index contributed by atoms with van der Waals surface area (Å²) >= 11 is 1.52. The summed E-state index contributed by atoms with van der Waals surface area (Å²) in [7, 11) is 0. The summed E-state index contributed by atoms with van der Waals surface area (Å²) in [5.74, 6) is 0.556. The second kappa shape index (κ2) is 3.34. The lowest BCUT2D eigenvalue weighted by Gasteiger charge is -1.94. The van der Waals surface area contributed by atoms with E-state index in [0.717, 1.165) is 27.8 Å². The highest BCUT2D eigenvalue weighted by atomic mass is 32.1. The number of anilines is 1. The maximum atomic E-state index is 5.95. The highest BCUT2D eigenvalue weighted by Crippen LogP contribution is 2.31. The Bertz CT molecular complexity index is 636. The summed E-state index contributed by atoms with van der Waals surface area (Å²) in [5.41, 5.74) is 7.61. The molecule has 0 bridgehead atoms. The Morgan fingerprint density at radius 1 is 1.56 bits per heavy atom. The van der Waals surface area contributed by atoms with Crippen LogP contribution in [-0.4, -0.2) is 14.4 Å². The van der Waals surface area contributed by atoms with Crippen molar-refractivity contribution in [1.29, 1.82) is 0 Å². The molecule has 3 rings (SSSR count). The van der Waals surface area contributed by atoms with Crippen molar-refractivity contribution in [2.75, 3.05) is 5.73 Å². The van der Waals surface area contributed by atoms with Gasteiger partial charge in [0.05, 0.1) is 16.9 Å². The monoisotopic (exact) mass is 234 g/mol. The van der Waals surface area contributed by atoms with E-state index in [-0.39, 0.29) is 0 Å². The maximum Gasteiger partial charge on any atom is 0.306 e. The molecule has 0 aliphatic heterocycles. The van der Waals surface area contributed by atoms with Gasteiger partial charge in [-0.2, -0.15) is 0 Å². The second-order valence-corrected chi connectivity index (χ2v) is 4.49. The molecule has 16 heavy (non-hydrogen) atoms. The average molecular weight is 234 g/mol. The molecule has 0 atom stereocenters. The first-order valence-electron chi connectivity index (χ1n) is 4.95. The third-order valence-corrected chi connectivity index (χ3v) is 3.42. The molecule has 6 heteroatoms. The van der Waals surface area contributed by atoms with Crippen LogP contribution >= 0.6 is 11.3 Å². The number of nitrogen functional groups attached to an aromatic ring is 1. The van der Waals surface area contributed by atoms with Gasteiger partial charge in [0.25, 0.3) is 0 Å². The molecule has 0 aromatic carbocycles. The lowest BCUT2D eigenvalue weighted by Crippen LogP contribution is -1.89. The lowest BCUT2D eigenvalue weighted by atomic mass is 10.3. The van der Waals surface area contributed by atoms with Crippen LogP contribution in [0.15, 0.2) is 23.1 Å². The van der Waals surface area contributed by atoms with E-state index in [0.29, 0.717) is 5.84 Å². The number of rotatable bonds is 2. The molecule has 0 spiro atoms. The lowest BCUT2D eigenvalue weighted by molar-refractivity contribution is 0.596. The van der Waals surface area contributed by atoms with Crippen molar-refractivity contribution in [3.63, 3.8) is 0 Å². The molecule has 0 saturated carbocycles. The molecule has 0 amide bonds. The van der Waals surface area contributed by atoms with Crippen molar-refractivity contribution >= 4 is 22.2 Å². The van der Waals surface area contributed by atoms with Gasteiger partial charge in [0, 0.05) is 6.20 Å². The maximum absolute atomic E-state index is 5.95. The first kappa shape index (κ1) is 9.41. The smallest absolute Gasteiger partial charge is 0.306 e. The normalized spacial score (nSPS) is 11.3. The van der Waals surface area contributed by atoms with E-state index in [9.17, 15) is 0 Å². The zero-order chi connectivity index (χ0) is 11.1. The number of hydrogen-bond acceptors (Lipinski definition) is 5. The van der Waals surface area contributed by atoms with E-state index in [1.807, 2.05) is 10.6 Å². The van der Waals surface area contributed by atoms with E-state index in [4.69, 9.17) is 10.2 Å². The zero-order valence-corrected chi connectivity index (χ0v) is 9.49. The Morgan fingerprint density at radius 2 is 2.44 bits per heavy atom. The Kier molecular flexibility index (Phi) is 1.97. The van der Waals surface area contributed by atoms with E-state index in [1.165, 1.54) is 11.3 Å². The van der Waals surface area contributed by atoms with Crippen LogP contribution in [0.4, 0.5) is 5.00 Å². The predicted octanol–water partition coefficient (Wildman–Crippen LogP) is 2.20. The van der Waals surface area contributed by atoms with Gasteiger partial charge in [0.15, 0.2) is 0 Å². The Hall–Kier alpha value is -1.82. The van der Waals surface area contributed by atoms with Gasteiger partial charge in [0.1, 0.15) is 17.0 Å². The first-order chi connectivity index (χ1) is 7.79. The SMILES string of the molecule is CCc1nc(-c2cnc3occn23)c(N)s1. The number of thiazole rings is 1. The van der Waals surface area contributed by atoms with Crippen LogP contribution in [0.25, 0.3) is 17.2 Å².